The van der Waals surface area contributed by atoms with E-state index in [-0.39, 0.29) is 6.17 Å². The topological polar surface area (TPSA) is 117 Å². The number of hydrogen-bond donors (Lipinski definition) is 3. The van der Waals surface area contributed by atoms with Crippen LogP contribution in [0, 0.1) is 6.92 Å². The van der Waals surface area contributed by atoms with Crippen LogP contribution < -0.4 is 20.9 Å². The average molecular weight is 386 g/mol. The van der Waals surface area contributed by atoms with E-state index in [9.17, 15) is 0 Å². The van der Waals surface area contributed by atoms with Gasteiger partial charge in [-0.25, -0.2) is 19.9 Å². The Morgan fingerprint density at radius 3 is 2.68 bits per heavy atom. The Balaban J connectivity index is 0.000000516. The molecular weight excluding hydrogens is 360 g/mol. The number of ether oxygens (including phenoxy) is 1. The second kappa shape index (κ2) is 9.27. The van der Waals surface area contributed by atoms with Crippen molar-refractivity contribution >= 4 is 23.8 Å². The van der Waals surface area contributed by atoms with Crippen molar-refractivity contribution in [2.45, 2.75) is 32.5 Å². The van der Waals surface area contributed by atoms with Gasteiger partial charge in [0, 0.05) is 37.1 Å². The van der Waals surface area contributed by atoms with Gasteiger partial charge in [-0.15, -0.1) is 0 Å². The molecule has 2 aromatic rings. The highest BCUT2D eigenvalue weighted by Crippen LogP contribution is 2.42. The fourth-order valence-electron chi connectivity index (χ4n) is 3.28. The fourth-order valence-corrected chi connectivity index (χ4v) is 3.28. The van der Waals surface area contributed by atoms with Crippen molar-refractivity contribution < 1.29 is 9.53 Å². The number of nitrogens with one attached hydrogen (secondary N) is 3. The summed E-state index contributed by atoms with van der Waals surface area (Å²) in [7, 11) is 1.31. The lowest BCUT2D eigenvalue weighted by atomic mass is 10.2. The van der Waals surface area contributed by atoms with Crippen molar-refractivity contribution in [2.24, 2.45) is 0 Å². The summed E-state index contributed by atoms with van der Waals surface area (Å²) in [5, 5.41) is 10.5. The Bertz CT molecular complexity index is 780. The number of carbonyl (C=O) groups is 1. The van der Waals surface area contributed by atoms with Crippen LogP contribution in [0.4, 0.5) is 17.3 Å². The Labute approximate surface area is 164 Å². The molecule has 3 N–H and O–H groups in total. The van der Waals surface area contributed by atoms with Crippen molar-refractivity contribution in [1.29, 1.82) is 0 Å². The highest BCUT2D eigenvalue weighted by molar-refractivity contribution is 5.82. The summed E-state index contributed by atoms with van der Waals surface area (Å²) < 4.78 is 3.86. The molecule has 10 nitrogen and oxygen atoms in total. The van der Waals surface area contributed by atoms with Crippen LogP contribution in [-0.4, -0.2) is 59.2 Å². The van der Waals surface area contributed by atoms with Crippen LogP contribution in [0.1, 0.15) is 30.9 Å². The molecule has 0 saturated carbocycles. The molecule has 1 fully saturated rings. The Hall–Kier alpha value is -3.01. The maximum atomic E-state index is 8.95. The van der Waals surface area contributed by atoms with Gasteiger partial charge < -0.3 is 25.6 Å². The summed E-state index contributed by atoms with van der Waals surface area (Å²) in [6.45, 7) is 7.23. The van der Waals surface area contributed by atoms with Gasteiger partial charge in [-0.2, -0.15) is 0 Å². The molecule has 1 unspecified atom stereocenters. The molecule has 0 bridgehead atoms. The largest absolute Gasteiger partial charge is 0.471 e. The lowest BCUT2D eigenvalue weighted by Crippen LogP contribution is -2.28. The minimum absolute atomic E-state index is 0.0236. The number of fused-ring (bicyclic) bond motifs is 1. The Morgan fingerprint density at radius 1 is 1.32 bits per heavy atom. The fraction of sp³-hybridized carbons (Fsp3) is 0.500. The predicted molar refractivity (Wildman–Crippen MR) is 106 cm³/mol. The quantitative estimate of drug-likeness (QED) is 0.645. The summed E-state index contributed by atoms with van der Waals surface area (Å²) in [4.78, 5) is 28.8. The first kappa shape index (κ1) is 19.7. The van der Waals surface area contributed by atoms with E-state index in [1.165, 1.54) is 7.11 Å². The zero-order chi connectivity index (χ0) is 19.9. The van der Waals surface area contributed by atoms with Crippen LogP contribution in [0.2, 0.25) is 0 Å². The highest BCUT2D eigenvalue weighted by atomic mass is 16.5. The summed E-state index contributed by atoms with van der Waals surface area (Å²) in [5.74, 6) is 2.56. The van der Waals surface area contributed by atoms with E-state index in [2.05, 4.69) is 52.4 Å². The molecule has 0 aliphatic carbocycles. The number of anilines is 3. The van der Waals surface area contributed by atoms with E-state index in [4.69, 9.17) is 4.79 Å². The van der Waals surface area contributed by atoms with Crippen molar-refractivity contribution in [3.05, 3.63) is 30.1 Å². The van der Waals surface area contributed by atoms with Gasteiger partial charge in [0.1, 0.15) is 24.0 Å². The van der Waals surface area contributed by atoms with Crippen LogP contribution in [0.25, 0.3) is 0 Å². The highest BCUT2D eigenvalue weighted by Gasteiger charge is 2.33. The third-order valence-corrected chi connectivity index (χ3v) is 4.65. The zero-order valence-corrected chi connectivity index (χ0v) is 16.3. The number of aryl methyl sites for hydroxylation is 1. The van der Waals surface area contributed by atoms with E-state index >= 15 is 0 Å². The first-order valence-electron chi connectivity index (χ1n) is 9.28. The summed E-state index contributed by atoms with van der Waals surface area (Å²) in [6, 6.07) is 0.405. The van der Waals surface area contributed by atoms with E-state index in [0.717, 1.165) is 54.8 Å². The molecule has 2 aliphatic heterocycles. The van der Waals surface area contributed by atoms with Crippen molar-refractivity contribution in [1.82, 2.24) is 25.3 Å². The molecule has 0 radical (unpaired) electrons. The van der Waals surface area contributed by atoms with Gasteiger partial charge in [-0.1, -0.05) is 0 Å². The normalized spacial score (nSPS) is 19.9. The van der Waals surface area contributed by atoms with Gasteiger partial charge in [-0.05, 0) is 26.8 Å². The van der Waals surface area contributed by atoms with Gasteiger partial charge in [0.2, 0.25) is 0 Å². The van der Waals surface area contributed by atoms with Crippen LogP contribution in [0.15, 0.2) is 18.7 Å². The molecule has 2 atom stereocenters. The standard InChI is InChI=1S/C16H22N8.C2H4O2/c1-3-24-15(11-6-18-10(2)19-7-11)23-13-14(20-9-21-16(13)24)22-12-4-5-17-8-12;1-4-2-3/h6-7,9,12,15,17,23H,3-5,8H2,1-2H3,(H,20,21,22);2H,1H3/t12-,15?;/m0./s1. The minimum Gasteiger partial charge on any atom is -0.471 e. The van der Waals surface area contributed by atoms with E-state index in [1.54, 1.807) is 6.33 Å². The molecule has 0 aromatic carbocycles. The van der Waals surface area contributed by atoms with Crippen molar-refractivity contribution in [3.63, 3.8) is 0 Å². The first-order chi connectivity index (χ1) is 13.7. The number of methoxy groups -OCH3 is 1. The molecule has 4 rings (SSSR count). The molecule has 150 valence electrons. The number of hydrogen-bond acceptors (Lipinski definition) is 10. The SMILES string of the molecule is CCN1c2ncnc(N[C@H]3CCNC3)c2NC1c1cnc(C)nc1.COC=O. The number of carbonyl (C=O) groups excluding carboxylic acids is 1. The minimum atomic E-state index is -0.0236. The average Bonchev–Trinajstić information content (AvgIpc) is 3.36. The van der Waals surface area contributed by atoms with Gasteiger partial charge >= 0.3 is 0 Å². The van der Waals surface area contributed by atoms with Gasteiger partial charge in [0.25, 0.3) is 6.47 Å². The predicted octanol–water partition coefficient (Wildman–Crippen LogP) is 1.09. The van der Waals surface area contributed by atoms with Gasteiger partial charge in [0.05, 0.1) is 7.11 Å². The lowest BCUT2D eigenvalue weighted by molar-refractivity contribution is -0.126. The smallest absolute Gasteiger partial charge is 0.292 e. The lowest BCUT2D eigenvalue weighted by Gasteiger charge is -2.24. The molecule has 2 aromatic heterocycles. The second-order valence-corrected chi connectivity index (χ2v) is 6.48. The third kappa shape index (κ3) is 4.28. The Morgan fingerprint density at radius 2 is 2.07 bits per heavy atom. The van der Waals surface area contributed by atoms with Crippen LogP contribution >= 0.6 is 0 Å². The van der Waals surface area contributed by atoms with E-state index in [1.807, 2.05) is 19.3 Å². The van der Waals surface area contributed by atoms with Crippen molar-refractivity contribution in [3.8, 4) is 0 Å². The Kier molecular flexibility index (Phi) is 6.53. The van der Waals surface area contributed by atoms with Gasteiger partial charge in [-0.3, -0.25) is 4.79 Å². The maximum Gasteiger partial charge on any atom is 0.292 e. The van der Waals surface area contributed by atoms with Gasteiger partial charge in [0.15, 0.2) is 11.6 Å². The third-order valence-electron chi connectivity index (χ3n) is 4.65. The van der Waals surface area contributed by atoms with Crippen LogP contribution in [-0.2, 0) is 9.53 Å². The van der Waals surface area contributed by atoms with Crippen LogP contribution in [0.3, 0.4) is 0 Å². The maximum absolute atomic E-state index is 8.95. The van der Waals surface area contributed by atoms with E-state index in [0.29, 0.717) is 12.5 Å². The molecule has 4 heterocycles. The summed E-state index contributed by atoms with van der Waals surface area (Å²) >= 11 is 0. The second-order valence-electron chi connectivity index (χ2n) is 6.48. The number of aromatic nitrogens is 4. The molecule has 0 spiro atoms. The number of nitrogens with zero attached hydrogens (tertiary/aromatic N) is 5. The molecule has 1 saturated heterocycles. The summed E-state index contributed by atoms with van der Waals surface area (Å²) in [6.07, 6.45) is 6.45. The molecule has 0 amide bonds. The van der Waals surface area contributed by atoms with E-state index < -0.39 is 0 Å². The summed E-state index contributed by atoms with van der Waals surface area (Å²) in [5.41, 5.74) is 1.98. The first-order valence-corrected chi connectivity index (χ1v) is 9.28. The molecule has 2 aliphatic rings. The van der Waals surface area contributed by atoms with Crippen molar-refractivity contribution in [2.75, 3.05) is 42.3 Å². The number of rotatable bonds is 5. The monoisotopic (exact) mass is 386 g/mol. The van der Waals surface area contributed by atoms with Crippen LogP contribution in [0.5, 0.6) is 0 Å². The zero-order valence-electron chi connectivity index (χ0n) is 16.3. The molecular formula is C18H26N8O2. The molecule has 10 heteroatoms. The molecule has 28 heavy (non-hydrogen) atoms.